The highest BCUT2D eigenvalue weighted by Crippen LogP contribution is 2.16. The van der Waals surface area contributed by atoms with Crippen molar-refractivity contribution < 1.29 is 19.1 Å². The number of hydrogen-bond donors (Lipinski definition) is 1. The van der Waals surface area contributed by atoms with Crippen molar-refractivity contribution in [2.24, 2.45) is 0 Å². The van der Waals surface area contributed by atoms with Crippen molar-refractivity contribution in [2.75, 3.05) is 11.9 Å². The summed E-state index contributed by atoms with van der Waals surface area (Å²) in [4.78, 5) is 49.5. The zero-order chi connectivity index (χ0) is 23.4. The molecule has 0 radical (unpaired) electrons. The smallest absolute Gasteiger partial charge is 0.359 e. The fourth-order valence-corrected chi connectivity index (χ4v) is 3.30. The molecule has 0 aliphatic heterocycles. The molecule has 1 N–H and O–H groups in total. The van der Waals surface area contributed by atoms with Gasteiger partial charge in [-0.15, -0.1) is 0 Å². The predicted molar refractivity (Wildman–Crippen MR) is 123 cm³/mol. The number of rotatable bonds is 6. The fraction of sp³-hybridized carbons (Fsp3) is 0.0800. The third-order valence-electron chi connectivity index (χ3n) is 4.89. The van der Waals surface area contributed by atoms with Crippen LogP contribution in [0.1, 0.15) is 27.8 Å². The van der Waals surface area contributed by atoms with Crippen LogP contribution in [0.15, 0.2) is 83.7 Å². The van der Waals surface area contributed by atoms with Crippen molar-refractivity contribution in [1.29, 1.82) is 0 Å². The van der Waals surface area contributed by atoms with E-state index in [4.69, 9.17) is 4.74 Å². The molecule has 3 aromatic carbocycles. The highest BCUT2D eigenvalue weighted by atomic mass is 16.5. The molecule has 8 heteroatoms. The van der Waals surface area contributed by atoms with Crippen molar-refractivity contribution in [1.82, 2.24) is 9.78 Å². The van der Waals surface area contributed by atoms with Crippen LogP contribution in [0.25, 0.3) is 16.5 Å². The number of nitrogens with one attached hydrogen (secondary N) is 1. The molecule has 164 valence electrons. The van der Waals surface area contributed by atoms with Gasteiger partial charge in [-0.2, -0.15) is 9.78 Å². The highest BCUT2D eigenvalue weighted by molar-refractivity contribution is 6.03. The molecule has 0 aliphatic rings. The molecule has 0 bridgehead atoms. The van der Waals surface area contributed by atoms with E-state index in [0.29, 0.717) is 27.7 Å². The number of fused-ring (bicyclic) bond motifs is 1. The van der Waals surface area contributed by atoms with Gasteiger partial charge in [0.1, 0.15) is 0 Å². The van der Waals surface area contributed by atoms with E-state index < -0.39 is 18.5 Å². The lowest BCUT2D eigenvalue weighted by molar-refractivity contribution is -0.119. The number of benzene rings is 3. The number of anilines is 1. The van der Waals surface area contributed by atoms with Gasteiger partial charge in [0.25, 0.3) is 11.5 Å². The molecular formula is C25H19N3O5. The highest BCUT2D eigenvalue weighted by Gasteiger charge is 2.19. The van der Waals surface area contributed by atoms with E-state index in [2.05, 4.69) is 10.4 Å². The van der Waals surface area contributed by atoms with Crippen LogP contribution in [-0.2, 0) is 9.53 Å². The third-order valence-corrected chi connectivity index (χ3v) is 4.89. The van der Waals surface area contributed by atoms with E-state index in [1.54, 1.807) is 72.8 Å². The monoisotopic (exact) mass is 441 g/mol. The fourth-order valence-electron chi connectivity index (χ4n) is 3.30. The molecule has 0 saturated heterocycles. The molecule has 0 atom stereocenters. The second-order valence-electron chi connectivity index (χ2n) is 7.21. The van der Waals surface area contributed by atoms with Crippen molar-refractivity contribution in [2.45, 2.75) is 6.92 Å². The largest absolute Gasteiger partial charge is 0.451 e. The van der Waals surface area contributed by atoms with Gasteiger partial charge in [-0.05, 0) is 37.3 Å². The van der Waals surface area contributed by atoms with Gasteiger partial charge in [-0.1, -0.05) is 48.5 Å². The van der Waals surface area contributed by atoms with E-state index in [-0.39, 0.29) is 17.0 Å². The van der Waals surface area contributed by atoms with Crippen molar-refractivity contribution >= 4 is 34.1 Å². The van der Waals surface area contributed by atoms with E-state index in [1.807, 2.05) is 0 Å². The second kappa shape index (κ2) is 9.27. The lowest BCUT2D eigenvalue weighted by Gasteiger charge is -2.11. The Balaban J connectivity index is 1.57. The van der Waals surface area contributed by atoms with Crippen molar-refractivity contribution in [3.8, 4) is 5.69 Å². The molecule has 0 fully saturated rings. The summed E-state index contributed by atoms with van der Waals surface area (Å²) in [7, 11) is 0. The normalized spacial score (nSPS) is 10.6. The number of para-hydroxylation sites is 1. The summed E-state index contributed by atoms with van der Waals surface area (Å²) in [6.07, 6.45) is 0. The molecule has 1 heterocycles. The molecule has 4 aromatic rings. The van der Waals surface area contributed by atoms with Crippen LogP contribution >= 0.6 is 0 Å². The Labute approximate surface area is 188 Å². The lowest BCUT2D eigenvalue weighted by atomic mass is 10.1. The van der Waals surface area contributed by atoms with Crippen LogP contribution in [0.4, 0.5) is 5.69 Å². The lowest BCUT2D eigenvalue weighted by Crippen LogP contribution is -2.26. The first kappa shape index (κ1) is 21.6. The molecule has 4 rings (SSSR count). The number of ether oxygens (including phenoxy) is 1. The zero-order valence-corrected chi connectivity index (χ0v) is 17.6. The number of carbonyl (C=O) groups excluding carboxylic acids is 3. The number of carbonyl (C=O) groups is 3. The van der Waals surface area contributed by atoms with Gasteiger partial charge in [0.2, 0.25) is 0 Å². The quantitative estimate of drug-likeness (QED) is 0.363. The number of amides is 1. The SMILES string of the molecule is CC(=O)c1cccc(NC(=O)COC(=O)c2nn(-c3ccccc3)c(=O)c3ccccc23)c1. The summed E-state index contributed by atoms with van der Waals surface area (Å²) < 4.78 is 6.31. The van der Waals surface area contributed by atoms with Crippen molar-refractivity contribution in [3.63, 3.8) is 0 Å². The molecule has 0 saturated carbocycles. The molecule has 0 spiro atoms. The summed E-state index contributed by atoms with van der Waals surface area (Å²) in [6, 6.07) is 21.7. The number of ketones is 1. The third kappa shape index (κ3) is 4.69. The summed E-state index contributed by atoms with van der Waals surface area (Å²) in [5, 5.41) is 7.44. The van der Waals surface area contributed by atoms with E-state index in [0.717, 1.165) is 4.68 Å². The molecule has 1 aromatic heterocycles. The first-order valence-electron chi connectivity index (χ1n) is 10.1. The maximum Gasteiger partial charge on any atom is 0.359 e. The van der Waals surface area contributed by atoms with Gasteiger partial charge in [0.05, 0.1) is 11.1 Å². The van der Waals surface area contributed by atoms with Crippen LogP contribution in [0.2, 0.25) is 0 Å². The van der Waals surface area contributed by atoms with Gasteiger partial charge in [0, 0.05) is 16.6 Å². The molecule has 0 unspecified atom stereocenters. The number of Topliss-reactive ketones (excluding diaryl/α,β-unsaturated/α-hetero) is 1. The molecule has 0 aliphatic carbocycles. The Kier molecular flexibility index (Phi) is 6.08. The summed E-state index contributed by atoms with van der Waals surface area (Å²) in [5.41, 5.74) is 0.885. The van der Waals surface area contributed by atoms with E-state index in [9.17, 15) is 19.2 Å². The standard InChI is InChI=1S/C25H19N3O5/c1-16(29)17-8-7-9-18(14-17)26-22(30)15-33-25(32)23-20-12-5-6-13-21(20)24(31)28(27-23)19-10-3-2-4-11-19/h2-14H,15H2,1H3,(H,26,30). The van der Waals surface area contributed by atoms with Crippen LogP contribution in [0.5, 0.6) is 0 Å². The van der Waals surface area contributed by atoms with E-state index in [1.165, 1.54) is 13.0 Å². The van der Waals surface area contributed by atoms with Crippen LogP contribution < -0.4 is 10.9 Å². The van der Waals surface area contributed by atoms with Crippen molar-refractivity contribution in [3.05, 3.63) is 100 Å². The number of esters is 1. The van der Waals surface area contributed by atoms with Crippen LogP contribution in [-0.4, -0.2) is 34.0 Å². The minimum atomic E-state index is -0.844. The van der Waals surface area contributed by atoms with Gasteiger partial charge >= 0.3 is 5.97 Å². The first-order chi connectivity index (χ1) is 15.9. The maximum absolute atomic E-state index is 12.9. The topological polar surface area (TPSA) is 107 Å². The number of hydrogen-bond acceptors (Lipinski definition) is 6. The van der Waals surface area contributed by atoms with Gasteiger partial charge in [0.15, 0.2) is 18.1 Å². The van der Waals surface area contributed by atoms with Gasteiger partial charge in [-0.3, -0.25) is 14.4 Å². The van der Waals surface area contributed by atoms with Crippen LogP contribution in [0, 0.1) is 0 Å². The Hall–Kier alpha value is -4.59. The van der Waals surface area contributed by atoms with Crippen LogP contribution in [0.3, 0.4) is 0 Å². The molecule has 1 amide bonds. The minimum Gasteiger partial charge on any atom is -0.451 e. The Morgan fingerprint density at radius 2 is 1.61 bits per heavy atom. The molecular weight excluding hydrogens is 422 g/mol. The summed E-state index contributed by atoms with van der Waals surface area (Å²) in [6.45, 7) is 0.860. The number of aromatic nitrogens is 2. The second-order valence-corrected chi connectivity index (χ2v) is 7.21. The average Bonchev–Trinajstić information content (AvgIpc) is 2.83. The zero-order valence-electron chi connectivity index (χ0n) is 17.6. The Bertz CT molecular complexity index is 1430. The summed E-state index contributed by atoms with van der Waals surface area (Å²) >= 11 is 0. The Morgan fingerprint density at radius 1 is 0.909 bits per heavy atom. The minimum absolute atomic E-state index is 0.0829. The first-order valence-corrected chi connectivity index (χ1v) is 10.1. The molecule has 33 heavy (non-hydrogen) atoms. The van der Waals surface area contributed by atoms with E-state index >= 15 is 0 Å². The molecule has 8 nitrogen and oxygen atoms in total. The number of nitrogens with zero attached hydrogens (tertiary/aromatic N) is 2. The Morgan fingerprint density at radius 3 is 2.33 bits per heavy atom. The van der Waals surface area contributed by atoms with Gasteiger partial charge in [-0.25, -0.2) is 4.79 Å². The van der Waals surface area contributed by atoms with Gasteiger partial charge < -0.3 is 10.1 Å². The average molecular weight is 441 g/mol. The maximum atomic E-state index is 12.9. The predicted octanol–water partition coefficient (Wildman–Crippen LogP) is 3.38. The summed E-state index contributed by atoms with van der Waals surface area (Å²) in [5.74, 6) is -1.56.